The van der Waals surface area contributed by atoms with Gasteiger partial charge in [-0.2, -0.15) is 0 Å². The summed E-state index contributed by atoms with van der Waals surface area (Å²) in [7, 11) is 0. The standard InChI is InChI=1S/C15H19NO2S/c1-10(2)16-12(13-6-5-9-19-13)8-7-11(14(16)17)15(3,4)18/h5-10,18H,1-4H3. The topological polar surface area (TPSA) is 42.2 Å². The average molecular weight is 277 g/mol. The summed E-state index contributed by atoms with van der Waals surface area (Å²) < 4.78 is 1.75. The van der Waals surface area contributed by atoms with Gasteiger partial charge >= 0.3 is 0 Å². The molecule has 0 aromatic carbocycles. The molecule has 2 aromatic heterocycles. The molecule has 102 valence electrons. The van der Waals surface area contributed by atoms with Crippen molar-refractivity contribution in [1.82, 2.24) is 4.57 Å². The third-order valence-corrected chi connectivity index (χ3v) is 3.96. The number of aromatic nitrogens is 1. The van der Waals surface area contributed by atoms with E-state index in [9.17, 15) is 9.90 Å². The van der Waals surface area contributed by atoms with Crippen LogP contribution in [0.25, 0.3) is 10.6 Å². The van der Waals surface area contributed by atoms with Gasteiger partial charge in [0.25, 0.3) is 5.56 Å². The van der Waals surface area contributed by atoms with Gasteiger partial charge < -0.3 is 9.67 Å². The number of aliphatic hydroxyl groups is 1. The molecule has 3 nitrogen and oxygen atoms in total. The SMILES string of the molecule is CC(C)n1c(-c2cccs2)ccc(C(C)(C)O)c1=O. The predicted octanol–water partition coefficient (Wildman–Crippen LogP) is 3.39. The van der Waals surface area contributed by atoms with Gasteiger partial charge in [0, 0.05) is 11.6 Å². The lowest BCUT2D eigenvalue weighted by atomic mass is 9.99. The normalized spacial score (nSPS) is 12.1. The Bertz CT molecular complexity index is 619. The molecule has 0 spiro atoms. The van der Waals surface area contributed by atoms with Gasteiger partial charge in [0.1, 0.15) is 0 Å². The van der Waals surface area contributed by atoms with Gasteiger partial charge in [0.05, 0.1) is 16.2 Å². The molecule has 2 aromatic rings. The van der Waals surface area contributed by atoms with Crippen LogP contribution in [-0.2, 0) is 5.60 Å². The monoisotopic (exact) mass is 277 g/mol. The first kappa shape index (κ1) is 14.0. The van der Waals surface area contributed by atoms with E-state index < -0.39 is 5.60 Å². The van der Waals surface area contributed by atoms with Crippen LogP contribution >= 0.6 is 11.3 Å². The molecule has 0 saturated heterocycles. The zero-order chi connectivity index (χ0) is 14.2. The minimum atomic E-state index is -1.12. The van der Waals surface area contributed by atoms with Gasteiger partial charge in [-0.25, -0.2) is 0 Å². The summed E-state index contributed by atoms with van der Waals surface area (Å²) in [5, 5.41) is 12.1. The van der Waals surface area contributed by atoms with E-state index in [4.69, 9.17) is 0 Å². The maximum absolute atomic E-state index is 12.6. The maximum atomic E-state index is 12.6. The number of hydrogen-bond acceptors (Lipinski definition) is 3. The highest BCUT2D eigenvalue weighted by Gasteiger charge is 2.23. The lowest BCUT2D eigenvalue weighted by Crippen LogP contribution is -2.33. The van der Waals surface area contributed by atoms with E-state index in [-0.39, 0.29) is 11.6 Å². The molecule has 0 unspecified atom stereocenters. The minimum Gasteiger partial charge on any atom is -0.386 e. The summed E-state index contributed by atoms with van der Waals surface area (Å²) in [6.45, 7) is 7.23. The molecule has 0 atom stereocenters. The van der Waals surface area contributed by atoms with Crippen LogP contribution < -0.4 is 5.56 Å². The fourth-order valence-corrected chi connectivity index (χ4v) is 2.90. The fraction of sp³-hybridized carbons (Fsp3) is 0.400. The molecule has 0 saturated carbocycles. The Balaban J connectivity index is 2.73. The predicted molar refractivity (Wildman–Crippen MR) is 79.6 cm³/mol. The van der Waals surface area contributed by atoms with Crippen molar-refractivity contribution in [3.63, 3.8) is 0 Å². The van der Waals surface area contributed by atoms with Gasteiger partial charge in [-0.1, -0.05) is 6.07 Å². The van der Waals surface area contributed by atoms with Crippen molar-refractivity contribution in [3.8, 4) is 10.6 Å². The molecule has 4 heteroatoms. The van der Waals surface area contributed by atoms with Gasteiger partial charge in [0.2, 0.25) is 0 Å². The Morgan fingerprint density at radius 2 is 1.95 bits per heavy atom. The van der Waals surface area contributed by atoms with E-state index in [0.29, 0.717) is 5.56 Å². The summed E-state index contributed by atoms with van der Waals surface area (Å²) >= 11 is 1.61. The van der Waals surface area contributed by atoms with Crippen LogP contribution in [-0.4, -0.2) is 9.67 Å². The highest BCUT2D eigenvalue weighted by atomic mass is 32.1. The van der Waals surface area contributed by atoms with Crippen molar-refractivity contribution < 1.29 is 5.11 Å². The van der Waals surface area contributed by atoms with Gasteiger partial charge in [0.15, 0.2) is 0 Å². The Morgan fingerprint density at radius 3 is 2.42 bits per heavy atom. The zero-order valence-electron chi connectivity index (χ0n) is 11.7. The van der Waals surface area contributed by atoms with Crippen molar-refractivity contribution in [2.24, 2.45) is 0 Å². The highest BCUT2D eigenvalue weighted by molar-refractivity contribution is 7.13. The smallest absolute Gasteiger partial charge is 0.257 e. The van der Waals surface area contributed by atoms with E-state index in [1.165, 1.54) is 0 Å². The van der Waals surface area contributed by atoms with E-state index in [1.807, 2.05) is 37.4 Å². The molecule has 0 aliphatic carbocycles. The second-order valence-corrected chi connectivity index (χ2v) is 6.39. The van der Waals surface area contributed by atoms with Crippen LogP contribution in [0.1, 0.15) is 39.3 Å². The maximum Gasteiger partial charge on any atom is 0.257 e. The molecule has 2 heterocycles. The van der Waals surface area contributed by atoms with Crippen LogP contribution in [0.5, 0.6) is 0 Å². The van der Waals surface area contributed by atoms with Crippen LogP contribution in [0, 0.1) is 0 Å². The lowest BCUT2D eigenvalue weighted by molar-refractivity contribution is 0.0764. The number of thiophene rings is 1. The summed E-state index contributed by atoms with van der Waals surface area (Å²) in [4.78, 5) is 13.6. The summed E-state index contributed by atoms with van der Waals surface area (Å²) in [6.07, 6.45) is 0. The minimum absolute atomic E-state index is 0.0481. The molecule has 0 fully saturated rings. The molecule has 0 amide bonds. The molecule has 0 aliphatic rings. The Labute approximate surface area is 117 Å². The van der Waals surface area contributed by atoms with Crippen LogP contribution in [0.3, 0.4) is 0 Å². The third kappa shape index (κ3) is 2.65. The summed E-state index contributed by atoms with van der Waals surface area (Å²) in [6, 6.07) is 7.67. The van der Waals surface area contributed by atoms with Crippen molar-refractivity contribution >= 4 is 11.3 Å². The van der Waals surface area contributed by atoms with Crippen molar-refractivity contribution in [2.75, 3.05) is 0 Å². The molecule has 0 aliphatic heterocycles. The highest BCUT2D eigenvalue weighted by Crippen LogP contribution is 2.27. The van der Waals surface area contributed by atoms with E-state index in [0.717, 1.165) is 10.6 Å². The number of rotatable bonds is 3. The summed E-state index contributed by atoms with van der Waals surface area (Å²) in [5.41, 5.74) is 0.0970. The quantitative estimate of drug-likeness (QED) is 0.934. The van der Waals surface area contributed by atoms with Crippen molar-refractivity contribution in [2.45, 2.75) is 39.3 Å². The Hall–Kier alpha value is -1.39. The van der Waals surface area contributed by atoms with Crippen molar-refractivity contribution in [1.29, 1.82) is 0 Å². The van der Waals surface area contributed by atoms with E-state index in [2.05, 4.69) is 0 Å². The zero-order valence-corrected chi connectivity index (χ0v) is 12.5. The molecule has 2 rings (SSSR count). The first-order valence-corrected chi connectivity index (χ1v) is 7.22. The molecule has 0 radical (unpaired) electrons. The second-order valence-electron chi connectivity index (χ2n) is 5.44. The van der Waals surface area contributed by atoms with E-state index >= 15 is 0 Å². The van der Waals surface area contributed by atoms with Crippen LogP contribution in [0.4, 0.5) is 0 Å². The Morgan fingerprint density at radius 1 is 1.26 bits per heavy atom. The lowest BCUT2D eigenvalue weighted by Gasteiger charge is -2.22. The van der Waals surface area contributed by atoms with Crippen LogP contribution in [0.2, 0.25) is 0 Å². The van der Waals surface area contributed by atoms with Crippen molar-refractivity contribution in [3.05, 3.63) is 45.6 Å². The van der Waals surface area contributed by atoms with Gasteiger partial charge in [-0.3, -0.25) is 4.79 Å². The Kier molecular flexibility index (Phi) is 3.65. The first-order valence-electron chi connectivity index (χ1n) is 6.34. The molecule has 1 N–H and O–H groups in total. The van der Waals surface area contributed by atoms with E-state index in [1.54, 1.807) is 35.8 Å². The number of pyridine rings is 1. The average Bonchev–Trinajstić information content (AvgIpc) is 2.79. The van der Waals surface area contributed by atoms with Gasteiger partial charge in [-0.15, -0.1) is 11.3 Å². The van der Waals surface area contributed by atoms with Gasteiger partial charge in [-0.05, 0) is 51.3 Å². The molecular formula is C15H19NO2S. The fourth-order valence-electron chi connectivity index (χ4n) is 2.16. The largest absolute Gasteiger partial charge is 0.386 e. The molecule has 19 heavy (non-hydrogen) atoms. The second kappa shape index (κ2) is 4.94. The summed E-state index contributed by atoms with van der Waals surface area (Å²) in [5.74, 6) is 0. The number of nitrogens with zero attached hydrogens (tertiary/aromatic N) is 1. The molecular weight excluding hydrogens is 258 g/mol. The number of hydrogen-bond donors (Lipinski definition) is 1. The molecule has 0 bridgehead atoms. The van der Waals surface area contributed by atoms with Crippen LogP contribution in [0.15, 0.2) is 34.4 Å². The third-order valence-electron chi connectivity index (χ3n) is 3.07. The first-order chi connectivity index (χ1) is 8.82.